The fourth-order valence-electron chi connectivity index (χ4n) is 1.04. The van der Waals surface area contributed by atoms with E-state index in [1.54, 1.807) is 6.20 Å². The third kappa shape index (κ3) is 4.78. The van der Waals surface area contributed by atoms with Crippen LogP contribution in [0, 0.1) is 0 Å². The normalized spacial score (nSPS) is 12.1. The molecule has 15 heavy (non-hydrogen) atoms. The van der Waals surface area contributed by atoms with E-state index in [0.29, 0.717) is 13.0 Å². The van der Waals surface area contributed by atoms with E-state index in [1.165, 1.54) is 11.3 Å². The van der Waals surface area contributed by atoms with Gasteiger partial charge in [-0.2, -0.15) is 0 Å². The number of hydrogen-bond donors (Lipinski definition) is 2. The highest BCUT2D eigenvalue weighted by Gasteiger charge is 2.04. The molecule has 0 spiro atoms. The maximum absolute atomic E-state index is 11.4. The summed E-state index contributed by atoms with van der Waals surface area (Å²) in [6.45, 7) is 4.70. The van der Waals surface area contributed by atoms with Crippen molar-refractivity contribution in [2.75, 3.05) is 11.9 Å². The smallest absolute Gasteiger partial charge is 0.221 e. The van der Waals surface area contributed by atoms with E-state index >= 15 is 0 Å². The van der Waals surface area contributed by atoms with Gasteiger partial charge in [-0.05, 0) is 13.3 Å². The summed E-state index contributed by atoms with van der Waals surface area (Å²) < 4.78 is 0. The van der Waals surface area contributed by atoms with Crippen LogP contribution in [0.25, 0.3) is 0 Å². The molecule has 2 N–H and O–H groups in total. The number of carbonyl (C=O) groups is 1. The van der Waals surface area contributed by atoms with E-state index in [0.717, 1.165) is 11.6 Å². The van der Waals surface area contributed by atoms with Crippen LogP contribution in [0.3, 0.4) is 0 Å². The molecule has 0 radical (unpaired) electrons. The van der Waals surface area contributed by atoms with Crippen molar-refractivity contribution in [3.63, 3.8) is 0 Å². The summed E-state index contributed by atoms with van der Waals surface area (Å²) in [4.78, 5) is 15.4. The van der Waals surface area contributed by atoms with Gasteiger partial charge in [0.25, 0.3) is 0 Å². The molecule has 0 saturated carbocycles. The molecule has 1 unspecified atom stereocenters. The van der Waals surface area contributed by atoms with Gasteiger partial charge in [0.2, 0.25) is 5.91 Å². The van der Waals surface area contributed by atoms with Crippen molar-refractivity contribution in [2.24, 2.45) is 0 Å². The maximum Gasteiger partial charge on any atom is 0.221 e. The van der Waals surface area contributed by atoms with Crippen LogP contribution in [0.1, 0.15) is 26.7 Å². The Morgan fingerprint density at radius 1 is 1.67 bits per heavy atom. The molecule has 0 aliphatic carbocycles. The summed E-state index contributed by atoms with van der Waals surface area (Å²) in [5.41, 5.74) is 0. The van der Waals surface area contributed by atoms with Crippen LogP contribution >= 0.6 is 11.3 Å². The molecule has 1 aromatic rings. The minimum atomic E-state index is 0.0911. The van der Waals surface area contributed by atoms with E-state index in [9.17, 15) is 4.79 Å². The van der Waals surface area contributed by atoms with Crippen molar-refractivity contribution in [3.8, 4) is 0 Å². The zero-order chi connectivity index (χ0) is 11.1. The summed E-state index contributed by atoms with van der Waals surface area (Å²) in [6, 6.07) is 0.261. The number of rotatable bonds is 6. The van der Waals surface area contributed by atoms with Crippen molar-refractivity contribution < 1.29 is 4.79 Å². The lowest BCUT2D eigenvalue weighted by Crippen LogP contribution is -2.32. The molecular formula is C10H17N3OS. The predicted octanol–water partition coefficient (Wildman–Crippen LogP) is 1.86. The lowest BCUT2D eigenvalue weighted by molar-refractivity contribution is -0.121. The predicted molar refractivity (Wildman–Crippen MR) is 63.1 cm³/mol. The second-order valence-corrected chi connectivity index (χ2v) is 4.29. The maximum atomic E-state index is 11.4. The largest absolute Gasteiger partial charge is 0.361 e. The molecule has 0 bridgehead atoms. The second-order valence-electron chi connectivity index (χ2n) is 3.39. The number of aromatic nitrogens is 1. The van der Waals surface area contributed by atoms with Crippen molar-refractivity contribution in [1.82, 2.24) is 10.3 Å². The van der Waals surface area contributed by atoms with Gasteiger partial charge < -0.3 is 10.6 Å². The summed E-state index contributed by atoms with van der Waals surface area (Å²) in [5, 5.41) is 8.78. The van der Waals surface area contributed by atoms with E-state index in [4.69, 9.17) is 0 Å². The Hall–Kier alpha value is -1.10. The number of amides is 1. The topological polar surface area (TPSA) is 54.0 Å². The Morgan fingerprint density at radius 2 is 2.47 bits per heavy atom. The number of thiazole rings is 1. The van der Waals surface area contributed by atoms with Gasteiger partial charge in [0.05, 0.1) is 0 Å². The summed E-state index contributed by atoms with van der Waals surface area (Å²) in [5.74, 6) is 0.0911. The Kier molecular flexibility index (Phi) is 5.10. The van der Waals surface area contributed by atoms with Crippen LogP contribution in [0.4, 0.5) is 5.13 Å². The Bertz CT molecular complexity index is 287. The second kappa shape index (κ2) is 6.40. The Labute approximate surface area is 94.1 Å². The molecule has 4 nitrogen and oxygen atoms in total. The van der Waals surface area contributed by atoms with E-state index in [2.05, 4.69) is 22.5 Å². The summed E-state index contributed by atoms with van der Waals surface area (Å²) in [6.07, 6.45) is 3.20. The SMILES string of the molecule is CCC(C)NC(=O)CCNc1nccs1. The molecule has 1 rings (SSSR count). The lowest BCUT2D eigenvalue weighted by atomic mass is 10.2. The first-order valence-electron chi connectivity index (χ1n) is 5.15. The van der Waals surface area contributed by atoms with Crippen LogP contribution < -0.4 is 10.6 Å². The van der Waals surface area contributed by atoms with Gasteiger partial charge in [0.15, 0.2) is 5.13 Å². The zero-order valence-corrected chi connectivity index (χ0v) is 9.93. The summed E-state index contributed by atoms with van der Waals surface area (Å²) in [7, 11) is 0. The van der Waals surface area contributed by atoms with Crippen LogP contribution in [0.2, 0.25) is 0 Å². The average molecular weight is 227 g/mol. The van der Waals surface area contributed by atoms with Gasteiger partial charge in [-0.15, -0.1) is 11.3 Å². The highest BCUT2D eigenvalue weighted by atomic mass is 32.1. The van der Waals surface area contributed by atoms with Crippen LogP contribution in [0.15, 0.2) is 11.6 Å². The molecule has 0 aliphatic heterocycles. The highest BCUT2D eigenvalue weighted by molar-refractivity contribution is 7.13. The van der Waals surface area contributed by atoms with E-state index in [-0.39, 0.29) is 11.9 Å². The third-order valence-electron chi connectivity index (χ3n) is 2.08. The van der Waals surface area contributed by atoms with Crippen LogP contribution in [-0.2, 0) is 4.79 Å². The van der Waals surface area contributed by atoms with Gasteiger partial charge in [-0.3, -0.25) is 4.79 Å². The monoisotopic (exact) mass is 227 g/mol. The molecule has 0 saturated heterocycles. The van der Waals surface area contributed by atoms with Gasteiger partial charge in [0, 0.05) is 30.6 Å². The first-order valence-corrected chi connectivity index (χ1v) is 6.03. The van der Waals surface area contributed by atoms with Crippen molar-refractivity contribution >= 4 is 22.4 Å². The molecule has 5 heteroatoms. The van der Waals surface area contributed by atoms with Crippen molar-refractivity contribution in [3.05, 3.63) is 11.6 Å². The van der Waals surface area contributed by atoms with Crippen LogP contribution in [0.5, 0.6) is 0 Å². The third-order valence-corrected chi connectivity index (χ3v) is 2.81. The fraction of sp³-hybridized carbons (Fsp3) is 0.600. The highest BCUT2D eigenvalue weighted by Crippen LogP contribution is 2.09. The molecule has 0 aliphatic rings. The van der Waals surface area contributed by atoms with Gasteiger partial charge in [0.1, 0.15) is 0 Å². The molecule has 84 valence electrons. The number of anilines is 1. The molecule has 0 aromatic carbocycles. The molecule has 1 heterocycles. The number of carbonyl (C=O) groups excluding carboxylic acids is 1. The average Bonchev–Trinajstić information content (AvgIpc) is 2.70. The van der Waals surface area contributed by atoms with Gasteiger partial charge in [-0.25, -0.2) is 4.98 Å². The standard InChI is InChI=1S/C10H17N3OS/c1-3-8(2)13-9(14)4-5-11-10-12-6-7-15-10/h6-8H,3-5H2,1-2H3,(H,11,12)(H,13,14). The zero-order valence-electron chi connectivity index (χ0n) is 9.12. The quantitative estimate of drug-likeness (QED) is 0.780. The number of hydrogen-bond acceptors (Lipinski definition) is 4. The molecule has 1 atom stereocenters. The first kappa shape index (κ1) is 12.0. The molecule has 1 amide bonds. The molecule has 1 aromatic heterocycles. The lowest BCUT2D eigenvalue weighted by Gasteiger charge is -2.11. The van der Waals surface area contributed by atoms with Gasteiger partial charge in [-0.1, -0.05) is 6.92 Å². The van der Waals surface area contributed by atoms with Gasteiger partial charge >= 0.3 is 0 Å². The number of nitrogens with zero attached hydrogens (tertiary/aromatic N) is 1. The minimum Gasteiger partial charge on any atom is -0.361 e. The minimum absolute atomic E-state index is 0.0911. The number of nitrogens with one attached hydrogen (secondary N) is 2. The molecular weight excluding hydrogens is 210 g/mol. The van der Waals surface area contributed by atoms with E-state index < -0.39 is 0 Å². The fourth-order valence-corrected chi connectivity index (χ4v) is 1.60. The summed E-state index contributed by atoms with van der Waals surface area (Å²) >= 11 is 1.54. The molecule has 0 fully saturated rings. The Balaban J connectivity index is 2.12. The first-order chi connectivity index (χ1) is 7.22. The van der Waals surface area contributed by atoms with Crippen molar-refractivity contribution in [2.45, 2.75) is 32.7 Å². The van der Waals surface area contributed by atoms with E-state index in [1.807, 2.05) is 12.3 Å². The van der Waals surface area contributed by atoms with Crippen LogP contribution in [-0.4, -0.2) is 23.5 Å². The van der Waals surface area contributed by atoms with Crippen molar-refractivity contribution in [1.29, 1.82) is 0 Å². The Morgan fingerprint density at radius 3 is 3.07 bits per heavy atom.